The van der Waals surface area contributed by atoms with Crippen LogP contribution in [-0.4, -0.2) is 7.11 Å². The standard InChI is InChI=1S/C18H19N3O2/c1-13(12-14-6-4-3-5-7-14)21-17(18(19)23-20-21)15-8-10-16(22-2)11-9-15/h3-11,13,19H,12H2,1-2H3. The second-order valence-electron chi connectivity index (χ2n) is 5.46. The van der Waals surface area contributed by atoms with Crippen LogP contribution in [0.25, 0.3) is 11.3 Å². The van der Waals surface area contributed by atoms with E-state index in [1.165, 1.54) is 5.56 Å². The van der Waals surface area contributed by atoms with Gasteiger partial charge in [0.15, 0.2) is 6.04 Å². The van der Waals surface area contributed by atoms with Crippen molar-refractivity contribution < 1.29 is 13.9 Å². The van der Waals surface area contributed by atoms with E-state index in [9.17, 15) is 0 Å². The lowest BCUT2D eigenvalue weighted by molar-refractivity contribution is -0.778. The first kappa shape index (κ1) is 15.1. The van der Waals surface area contributed by atoms with Gasteiger partial charge in [0.05, 0.1) is 12.7 Å². The number of aromatic nitrogens is 2. The van der Waals surface area contributed by atoms with Crippen LogP contribution in [-0.2, 0) is 6.42 Å². The van der Waals surface area contributed by atoms with Crippen LogP contribution >= 0.6 is 0 Å². The van der Waals surface area contributed by atoms with E-state index in [1.807, 2.05) is 42.5 Å². The fourth-order valence-corrected chi connectivity index (χ4v) is 2.63. The zero-order valence-electron chi connectivity index (χ0n) is 13.2. The van der Waals surface area contributed by atoms with Gasteiger partial charge in [-0.2, -0.15) is 0 Å². The Kier molecular flexibility index (Phi) is 4.28. The molecule has 0 spiro atoms. The van der Waals surface area contributed by atoms with E-state index in [-0.39, 0.29) is 11.6 Å². The Morgan fingerprint density at radius 1 is 1.13 bits per heavy atom. The van der Waals surface area contributed by atoms with Crippen molar-refractivity contribution in [3.05, 3.63) is 65.7 Å². The van der Waals surface area contributed by atoms with E-state index in [0.29, 0.717) is 5.69 Å². The van der Waals surface area contributed by atoms with Crippen LogP contribution in [0.5, 0.6) is 5.75 Å². The van der Waals surface area contributed by atoms with E-state index in [0.717, 1.165) is 17.7 Å². The highest BCUT2D eigenvalue weighted by atomic mass is 16.5. The van der Waals surface area contributed by atoms with Gasteiger partial charge >= 0.3 is 0 Å². The number of methoxy groups -OCH3 is 1. The number of rotatable bonds is 5. The monoisotopic (exact) mass is 309 g/mol. The van der Waals surface area contributed by atoms with Gasteiger partial charge in [-0.25, -0.2) is 4.68 Å². The molecule has 23 heavy (non-hydrogen) atoms. The van der Waals surface area contributed by atoms with E-state index in [4.69, 9.17) is 14.7 Å². The quantitative estimate of drug-likeness (QED) is 0.736. The first-order chi connectivity index (χ1) is 11.2. The van der Waals surface area contributed by atoms with E-state index < -0.39 is 0 Å². The summed E-state index contributed by atoms with van der Waals surface area (Å²) in [5.74, 6) is 0.778. The van der Waals surface area contributed by atoms with Crippen LogP contribution in [0.1, 0.15) is 18.5 Å². The minimum absolute atomic E-state index is 0.0649. The summed E-state index contributed by atoms with van der Waals surface area (Å²) in [4.78, 5) is 0. The molecule has 1 heterocycles. The van der Waals surface area contributed by atoms with Gasteiger partial charge in [0.2, 0.25) is 0 Å². The lowest BCUT2D eigenvalue weighted by Gasteiger charge is -2.11. The molecule has 0 bridgehead atoms. The second kappa shape index (κ2) is 6.52. The first-order valence-corrected chi connectivity index (χ1v) is 7.50. The molecule has 0 amide bonds. The number of nitrogens with one attached hydrogen (secondary N) is 1. The van der Waals surface area contributed by atoms with Crippen molar-refractivity contribution >= 4 is 0 Å². The SMILES string of the molecule is COc1ccc(-c2c(=N)o[n-][n+]2C(C)Cc2ccccc2)cc1. The van der Waals surface area contributed by atoms with Crippen molar-refractivity contribution in [2.45, 2.75) is 19.4 Å². The summed E-state index contributed by atoms with van der Waals surface area (Å²) in [6.07, 6.45) is 0.820. The van der Waals surface area contributed by atoms with Crippen molar-refractivity contribution in [3.63, 3.8) is 0 Å². The van der Waals surface area contributed by atoms with Gasteiger partial charge in [-0.15, -0.1) is 0 Å². The maximum Gasteiger partial charge on any atom is 0.273 e. The second-order valence-corrected chi connectivity index (χ2v) is 5.46. The molecule has 2 aromatic carbocycles. The molecule has 3 rings (SSSR count). The van der Waals surface area contributed by atoms with Gasteiger partial charge in [-0.05, 0) is 36.8 Å². The van der Waals surface area contributed by atoms with Crippen LogP contribution in [0.4, 0.5) is 0 Å². The normalized spacial score (nSPS) is 12.1. The predicted molar refractivity (Wildman–Crippen MR) is 84.9 cm³/mol. The highest BCUT2D eigenvalue weighted by molar-refractivity contribution is 5.55. The lowest BCUT2D eigenvalue weighted by atomic mass is 10.1. The van der Waals surface area contributed by atoms with Crippen molar-refractivity contribution in [3.8, 4) is 17.0 Å². The van der Waals surface area contributed by atoms with E-state index in [1.54, 1.807) is 11.8 Å². The Balaban J connectivity index is 1.93. The largest absolute Gasteiger partial charge is 0.497 e. The fraction of sp³-hybridized carbons (Fsp3) is 0.222. The molecule has 0 saturated heterocycles. The number of nitrogens with zero attached hydrogens (tertiary/aromatic N) is 2. The summed E-state index contributed by atoms with van der Waals surface area (Å²) in [6, 6.07) is 17.9. The molecule has 0 aliphatic carbocycles. The Morgan fingerprint density at radius 2 is 1.83 bits per heavy atom. The predicted octanol–water partition coefficient (Wildman–Crippen LogP) is 2.48. The van der Waals surface area contributed by atoms with Gasteiger partial charge in [-0.3, -0.25) is 10.7 Å². The Labute approximate surface area is 134 Å². The number of hydrogen-bond donors (Lipinski definition) is 1. The molecular weight excluding hydrogens is 290 g/mol. The van der Waals surface area contributed by atoms with Gasteiger partial charge in [0.1, 0.15) is 5.75 Å². The summed E-state index contributed by atoms with van der Waals surface area (Å²) in [6.45, 7) is 2.07. The molecule has 1 aromatic heterocycles. The summed E-state index contributed by atoms with van der Waals surface area (Å²) in [5, 5.41) is 12.1. The number of ether oxygens (including phenoxy) is 1. The van der Waals surface area contributed by atoms with Crippen molar-refractivity contribution in [2.24, 2.45) is 0 Å². The van der Waals surface area contributed by atoms with Gasteiger partial charge < -0.3 is 9.26 Å². The molecular formula is C18H19N3O2. The summed E-state index contributed by atoms with van der Waals surface area (Å²) in [7, 11) is 1.63. The number of hydrogen-bond acceptors (Lipinski definition) is 3. The first-order valence-electron chi connectivity index (χ1n) is 7.50. The van der Waals surface area contributed by atoms with Crippen LogP contribution < -0.4 is 20.2 Å². The maximum atomic E-state index is 8.02. The molecule has 0 saturated carbocycles. The third kappa shape index (κ3) is 3.18. The summed E-state index contributed by atoms with van der Waals surface area (Å²) >= 11 is 0. The van der Waals surface area contributed by atoms with E-state index >= 15 is 0 Å². The molecule has 3 aromatic rings. The summed E-state index contributed by atoms with van der Waals surface area (Å²) in [5.41, 5.74) is 2.85. The Morgan fingerprint density at radius 3 is 2.48 bits per heavy atom. The van der Waals surface area contributed by atoms with Gasteiger partial charge in [0.25, 0.3) is 11.2 Å². The molecule has 118 valence electrons. The maximum absolute atomic E-state index is 8.02. The molecule has 0 fully saturated rings. The molecule has 0 aliphatic rings. The van der Waals surface area contributed by atoms with Crippen LogP contribution in [0.15, 0.2) is 59.1 Å². The van der Waals surface area contributed by atoms with E-state index in [2.05, 4.69) is 24.3 Å². The van der Waals surface area contributed by atoms with Gasteiger partial charge in [-0.1, -0.05) is 30.3 Å². The summed E-state index contributed by atoms with van der Waals surface area (Å²) < 4.78 is 12.1. The molecule has 1 N–H and O–H groups in total. The molecule has 0 aliphatic heterocycles. The third-order valence-electron chi connectivity index (χ3n) is 3.82. The number of benzene rings is 2. The average Bonchev–Trinajstić information content (AvgIpc) is 2.97. The average molecular weight is 309 g/mol. The minimum atomic E-state index is 0.0649. The smallest absolute Gasteiger partial charge is 0.273 e. The lowest BCUT2D eigenvalue weighted by Crippen LogP contribution is -2.45. The topological polar surface area (TPSA) is 64.2 Å². The molecule has 5 nitrogen and oxygen atoms in total. The van der Waals surface area contributed by atoms with Gasteiger partial charge in [0, 0.05) is 6.42 Å². The third-order valence-corrected chi connectivity index (χ3v) is 3.82. The minimum Gasteiger partial charge on any atom is -0.497 e. The molecule has 0 radical (unpaired) electrons. The Hall–Kier alpha value is -2.82. The zero-order chi connectivity index (χ0) is 16.2. The zero-order valence-corrected chi connectivity index (χ0v) is 13.2. The highest BCUT2D eigenvalue weighted by Gasteiger charge is 2.20. The Bertz CT molecular complexity index is 819. The highest BCUT2D eigenvalue weighted by Crippen LogP contribution is 2.18. The van der Waals surface area contributed by atoms with Crippen molar-refractivity contribution in [2.75, 3.05) is 7.11 Å². The van der Waals surface area contributed by atoms with Crippen molar-refractivity contribution in [1.29, 1.82) is 5.41 Å². The molecule has 1 atom stereocenters. The molecule has 1 unspecified atom stereocenters. The van der Waals surface area contributed by atoms with Crippen LogP contribution in [0.3, 0.4) is 0 Å². The van der Waals surface area contributed by atoms with Crippen LogP contribution in [0.2, 0.25) is 0 Å². The fourth-order valence-electron chi connectivity index (χ4n) is 2.63. The van der Waals surface area contributed by atoms with Crippen LogP contribution in [0, 0.1) is 5.41 Å². The molecule has 5 heteroatoms. The van der Waals surface area contributed by atoms with Crippen molar-refractivity contribution in [1.82, 2.24) is 5.27 Å².